The van der Waals surface area contributed by atoms with Crippen LogP contribution in [0.15, 0.2) is 97.1 Å². The van der Waals surface area contributed by atoms with E-state index < -0.39 is 0 Å². The van der Waals surface area contributed by atoms with Crippen LogP contribution in [0.3, 0.4) is 0 Å². The van der Waals surface area contributed by atoms with Gasteiger partial charge in [-0.25, -0.2) is 0 Å². The van der Waals surface area contributed by atoms with E-state index in [0.717, 1.165) is 11.1 Å². The standard InChI is InChI=1S/C33H30O7/c34-17-19-39-29-13-9-25(10-14-29)31(36)21-23-1-5-27(6-2-23)33(38)28-7-3-24(4-8-28)22-32(37)26-11-15-30(16-12-26)40-20-18-35/h1-16,34-35H,17-22H2. The van der Waals surface area contributed by atoms with Crippen molar-refractivity contribution in [3.63, 3.8) is 0 Å². The van der Waals surface area contributed by atoms with Crippen molar-refractivity contribution >= 4 is 17.3 Å². The Morgan fingerprint density at radius 3 is 1.12 bits per heavy atom. The quantitative estimate of drug-likeness (QED) is 0.227. The highest BCUT2D eigenvalue weighted by atomic mass is 16.5. The molecule has 0 saturated heterocycles. The molecule has 0 aromatic heterocycles. The molecule has 0 aliphatic rings. The number of hydrogen-bond acceptors (Lipinski definition) is 7. The van der Waals surface area contributed by atoms with Crippen LogP contribution in [0, 0.1) is 0 Å². The Hall–Kier alpha value is -4.59. The molecule has 4 rings (SSSR count). The number of Topliss-reactive ketones (excluding diaryl/α,β-unsaturated/α-hetero) is 2. The van der Waals surface area contributed by atoms with Gasteiger partial charge in [0.1, 0.15) is 24.7 Å². The molecule has 7 nitrogen and oxygen atoms in total. The van der Waals surface area contributed by atoms with Crippen molar-refractivity contribution in [2.24, 2.45) is 0 Å². The summed E-state index contributed by atoms with van der Waals surface area (Å²) in [6.45, 7) is 0.236. The van der Waals surface area contributed by atoms with Gasteiger partial charge in [-0.3, -0.25) is 14.4 Å². The number of hydrogen-bond donors (Lipinski definition) is 2. The number of carbonyl (C=O) groups excluding carboxylic acids is 3. The third-order valence-corrected chi connectivity index (χ3v) is 6.23. The number of ketones is 3. The molecule has 2 N–H and O–H groups in total. The topological polar surface area (TPSA) is 110 Å². The van der Waals surface area contributed by atoms with Gasteiger partial charge in [-0.2, -0.15) is 0 Å². The second-order valence-corrected chi connectivity index (χ2v) is 9.12. The van der Waals surface area contributed by atoms with E-state index in [1.165, 1.54) is 0 Å². The van der Waals surface area contributed by atoms with E-state index in [4.69, 9.17) is 19.7 Å². The van der Waals surface area contributed by atoms with E-state index in [9.17, 15) is 14.4 Å². The van der Waals surface area contributed by atoms with Gasteiger partial charge in [0.25, 0.3) is 0 Å². The largest absolute Gasteiger partial charge is 0.491 e. The lowest BCUT2D eigenvalue weighted by molar-refractivity contribution is 0.0984. The normalized spacial score (nSPS) is 10.7. The van der Waals surface area contributed by atoms with Crippen LogP contribution >= 0.6 is 0 Å². The summed E-state index contributed by atoms with van der Waals surface area (Å²) in [5, 5.41) is 17.7. The molecule has 40 heavy (non-hydrogen) atoms. The van der Waals surface area contributed by atoms with Crippen LogP contribution < -0.4 is 9.47 Å². The summed E-state index contributed by atoms with van der Waals surface area (Å²) in [4.78, 5) is 38.3. The minimum atomic E-state index is -0.146. The van der Waals surface area contributed by atoms with Gasteiger partial charge in [0, 0.05) is 35.1 Å². The molecule has 0 bridgehead atoms. The zero-order chi connectivity index (χ0) is 28.3. The van der Waals surface area contributed by atoms with E-state index in [-0.39, 0.29) is 56.6 Å². The predicted octanol–water partition coefficient (Wildman–Crippen LogP) is 4.51. The number of carbonyl (C=O) groups is 3. The van der Waals surface area contributed by atoms with Crippen LogP contribution in [-0.2, 0) is 12.8 Å². The maximum atomic E-state index is 13.0. The van der Waals surface area contributed by atoms with Gasteiger partial charge in [0.15, 0.2) is 17.3 Å². The Balaban J connectivity index is 1.32. The molecule has 0 saturated carbocycles. The van der Waals surface area contributed by atoms with Crippen molar-refractivity contribution in [1.29, 1.82) is 0 Å². The Bertz CT molecular complexity index is 1310. The monoisotopic (exact) mass is 538 g/mol. The minimum absolute atomic E-state index is 0.0519. The van der Waals surface area contributed by atoms with Crippen LogP contribution in [-0.4, -0.2) is 54.0 Å². The first kappa shape index (κ1) is 28.4. The summed E-state index contributed by atoms with van der Waals surface area (Å²) in [6, 6.07) is 27.5. The first-order chi connectivity index (χ1) is 19.5. The van der Waals surface area contributed by atoms with Gasteiger partial charge in [0.05, 0.1) is 13.2 Å². The van der Waals surface area contributed by atoms with Crippen LogP contribution in [0.25, 0.3) is 0 Å². The second kappa shape index (κ2) is 14.0. The summed E-state index contributed by atoms with van der Waals surface area (Å²) in [6.07, 6.45) is 0.402. The van der Waals surface area contributed by atoms with Crippen LogP contribution in [0.5, 0.6) is 11.5 Å². The molecule has 4 aromatic rings. The number of aliphatic hydroxyl groups excluding tert-OH is 2. The first-order valence-corrected chi connectivity index (χ1v) is 12.9. The molecule has 0 heterocycles. The van der Waals surface area contributed by atoms with Gasteiger partial charge in [-0.05, 0) is 59.7 Å². The molecule has 7 heteroatoms. The molecule has 4 aromatic carbocycles. The maximum absolute atomic E-state index is 13.0. The summed E-state index contributed by atoms with van der Waals surface area (Å²) in [7, 11) is 0. The average Bonchev–Trinajstić information content (AvgIpc) is 3.00. The van der Waals surface area contributed by atoms with Crippen molar-refractivity contribution in [2.45, 2.75) is 12.8 Å². The van der Waals surface area contributed by atoms with Gasteiger partial charge in [0.2, 0.25) is 0 Å². The van der Waals surface area contributed by atoms with Crippen LogP contribution in [0.2, 0.25) is 0 Å². The molecule has 0 atom stereocenters. The molecular formula is C33H30O7. The third-order valence-electron chi connectivity index (χ3n) is 6.23. The molecule has 0 aliphatic heterocycles. The fourth-order valence-corrected chi connectivity index (χ4v) is 4.09. The predicted molar refractivity (Wildman–Crippen MR) is 150 cm³/mol. The van der Waals surface area contributed by atoms with Crippen LogP contribution in [0.4, 0.5) is 0 Å². The Morgan fingerprint density at radius 2 is 0.800 bits per heavy atom. The second-order valence-electron chi connectivity index (χ2n) is 9.12. The smallest absolute Gasteiger partial charge is 0.193 e. The molecule has 0 amide bonds. The summed E-state index contributed by atoms with van der Waals surface area (Å²) in [5.74, 6) is 0.925. The lowest BCUT2D eigenvalue weighted by atomic mass is 9.97. The molecule has 0 fully saturated rings. The van der Waals surface area contributed by atoms with E-state index in [1.807, 2.05) is 0 Å². The van der Waals surface area contributed by atoms with Gasteiger partial charge in [-0.1, -0.05) is 48.5 Å². The van der Waals surface area contributed by atoms with E-state index in [2.05, 4.69) is 0 Å². The summed E-state index contributed by atoms with van der Waals surface area (Å²) in [5.41, 5.74) is 3.72. The van der Waals surface area contributed by atoms with E-state index in [1.54, 1.807) is 97.1 Å². The number of rotatable bonds is 14. The van der Waals surface area contributed by atoms with Gasteiger partial charge < -0.3 is 19.7 Å². The SMILES string of the molecule is O=C(Cc1ccc(C(=O)c2ccc(CC(=O)c3ccc(OCCO)cc3)cc2)cc1)c1ccc(OCCO)cc1. The van der Waals surface area contributed by atoms with Crippen molar-refractivity contribution < 1.29 is 34.1 Å². The Kier molecular flexibility index (Phi) is 9.93. The number of ether oxygens (including phenoxy) is 2. The van der Waals surface area contributed by atoms with Crippen LogP contribution in [0.1, 0.15) is 47.8 Å². The minimum Gasteiger partial charge on any atom is -0.491 e. The van der Waals surface area contributed by atoms with Gasteiger partial charge >= 0.3 is 0 Å². The molecule has 0 spiro atoms. The fraction of sp³-hybridized carbons (Fsp3) is 0.182. The average molecular weight is 539 g/mol. The number of aliphatic hydroxyl groups is 2. The lowest BCUT2D eigenvalue weighted by Gasteiger charge is -2.07. The zero-order valence-electron chi connectivity index (χ0n) is 21.9. The Labute approximate surface area is 232 Å². The molecule has 0 unspecified atom stereocenters. The highest BCUT2D eigenvalue weighted by Crippen LogP contribution is 2.18. The highest BCUT2D eigenvalue weighted by molar-refractivity contribution is 6.09. The zero-order valence-corrected chi connectivity index (χ0v) is 21.9. The first-order valence-electron chi connectivity index (χ1n) is 12.9. The maximum Gasteiger partial charge on any atom is 0.193 e. The summed E-state index contributed by atoms with van der Waals surface area (Å²) >= 11 is 0. The lowest BCUT2D eigenvalue weighted by Crippen LogP contribution is -2.06. The Morgan fingerprint density at radius 1 is 0.475 bits per heavy atom. The highest BCUT2D eigenvalue weighted by Gasteiger charge is 2.13. The molecular weight excluding hydrogens is 508 g/mol. The molecule has 0 radical (unpaired) electrons. The van der Waals surface area contributed by atoms with Crippen molar-refractivity contribution in [3.8, 4) is 11.5 Å². The van der Waals surface area contributed by atoms with E-state index in [0.29, 0.717) is 33.8 Å². The van der Waals surface area contributed by atoms with Crippen molar-refractivity contribution in [1.82, 2.24) is 0 Å². The fourth-order valence-electron chi connectivity index (χ4n) is 4.09. The molecule has 204 valence electrons. The number of benzene rings is 4. The van der Waals surface area contributed by atoms with E-state index >= 15 is 0 Å². The van der Waals surface area contributed by atoms with Crippen molar-refractivity contribution in [3.05, 3.63) is 130 Å². The third kappa shape index (κ3) is 7.72. The summed E-state index contributed by atoms with van der Waals surface area (Å²) < 4.78 is 10.6. The molecule has 0 aliphatic carbocycles. The van der Waals surface area contributed by atoms with Crippen molar-refractivity contribution in [2.75, 3.05) is 26.4 Å². The van der Waals surface area contributed by atoms with Gasteiger partial charge in [-0.15, -0.1) is 0 Å².